The lowest BCUT2D eigenvalue weighted by Crippen LogP contribution is -2.38. The molecular weight excluding hydrogens is 325 g/mol. The number of Topliss-reactive ketones (excluding diaryl/α,β-unsaturated/α-hetero) is 1. The van der Waals surface area contributed by atoms with Gasteiger partial charge in [0.25, 0.3) is 5.91 Å². The summed E-state index contributed by atoms with van der Waals surface area (Å²) < 4.78 is 13.2. The number of nitrogens with one attached hydrogen (secondary N) is 1. The maximum Gasteiger partial charge on any atom is 0.261 e. The molecule has 0 bridgehead atoms. The van der Waals surface area contributed by atoms with E-state index < -0.39 is 0 Å². The maximum atomic E-state index is 13.2. The highest BCUT2D eigenvalue weighted by Crippen LogP contribution is 2.40. The Morgan fingerprint density at radius 3 is 2.29 bits per heavy atom. The number of hydrogen-bond acceptors (Lipinski definition) is 3. The van der Waals surface area contributed by atoms with Gasteiger partial charge < -0.3 is 5.32 Å². The van der Waals surface area contributed by atoms with Crippen LogP contribution in [0.15, 0.2) is 36.4 Å². The average molecular weight is 345 g/mol. The van der Waals surface area contributed by atoms with Crippen molar-refractivity contribution in [1.29, 1.82) is 0 Å². The molecule has 1 aromatic carbocycles. The van der Waals surface area contributed by atoms with Gasteiger partial charge in [-0.05, 0) is 49.6 Å². The largest absolute Gasteiger partial charge is 0.350 e. The van der Waals surface area contributed by atoms with Crippen LogP contribution >= 0.6 is 11.3 Å². The maximum absolute atomic E-state index is 13.2. The second kappa shape index (κ2) is 6.85. The molecule has 0 spiro atoms. The van der Waals surface area contributed by atoms with Crippen LogP contribution in [0.4, 0.5) is 4.39 Å². The molecule has 0 unspecified atom stereocenters. The van der Waals surface area contributed by atoms with Crippen LogP contribution in [0.25, 0.3) is 0 Å². The summed E-state index contributed by atoms with van der Waals surface area (Å²) in [5.41, 5.74) is 0.960. The molecule has 1 aliphatic rings. The SMILES string of the molecule is CC(=O)c1ccc(C(=O)NCC2(c3ccc(F)cc3)CCCC2)s1. The fourth-order valence-corrected chi connectivity index (χ4v) is 4.23. The fourth-order valence-electron chi connectivity index (χ4n) is 3.41. The highest BCUT2D eigenvalue weighted by Gasteiger charge is 2.36. The Kier molecular flexibility index (Phi) is 4.81. The lowest BCUT2D eigenvalue weighted by Gasteiger charge is -2.30. The van der Waals surface area contributed by atoms with E-state index in [-0.39, 0.29) is 22.9 Å². The van der Waals surface area contributed by atoms with E-state index in [1.54, 1.807) is 12.1 Å². The third-order valence-electron chi connectivity index (χ3n) is 4.78. The number of carbonyl (C=O) groups is 2. The molecule has 24 heavy (non-hydrogen) atoms. The fraction of sp³-hybridized carbons (Fsp3) is 0.368. The molecule has 2 aromatic rings. The number of benzene rings is 1. The third-order valence-corrected chi connectivity index (χ3v) is 5.97. The minimum atomic E-state index is -0.244. The van der Waals surface area contributed by atoms with Gasteiger partial charge in [0.1, 0.15) is 5.82 Å². The van der Waals surface area contributed by atoms with Crippen molar-refractivity contribution in [2.75, 3.05) is 6.54 Å². The van der Waals surface area contributed by atoms with Crippen molar-refractivity contribution >= 4 is 23.0 Å². The summed E-state index contributed by atoms with van der Waals surface area (Å²) >= 11 is 1.22. The van der Waals surface area contributed by atoms with Crippen LogP contribution in [0, 0.1) is 5.82 Å². The molecule has 0 aliphatic heterocycles. The molecule has 0 saturated heterocycles. The smallest absolute Gasteiger partial charge is 0.261 e. The Morgan fingerprint density at radius 2 is 1.71 bits per heavy atom. The van der Waals surface area contributed by atoms with E-state index in [1.807, 2.05) is 12.1 Å². The summed E-state index contributed by atoms with van der Waals surface area (Å²) in [4.78, 5) is 24.9. The first-order valence-corrected chi connectivity index (χ1v) is 8.97. The second-order valence-corrected chi connectivity index (χ2v) is 7.48. The average Bonchev–Trinajstić information content (AvgIpc) is 3.23. The van der Waals surface area contributed by atoms with Crippen molar-refractivity contribution in [3.05, 3.63) is 57.5 Å². The second-order valence-electron chi connectivity index (χ2n) is 6.40. The Morgan fingerprint density at radius 1 is 1.08 bits per heavy atom. The summed E-state index contributed by atoms with van der Waals surface area (Å²) in [5, 5.41) is 3.01. The van der Waals surface area contributed by atoms with Crippen molar-refractivity contribution in [3.8, 4) is 0 Å². The van der Waals surface area contributed by atoms with E-state index in [1.165, 1.54) is 30.4 Å². The van der Waals surface area contributed by atoms with Crippen molar-refractivity contribution in [1.82, 2.24) is 5.32 Å². The van der Waals surface area contributed by atoms with Crippen LogP contribution in [0.5, 0.6) is 0 Å². The Balaban J connectivity index is 1.73. The first kappa shape index (κ1) is 16.8. The monoisotopic (exact) mass is 345 g/mol. The van der Waals surface area contributed by atoms with Gasteiger partial charge >= 0.3 is 0 Å². The zero-order chi connectivity index (χ0) is 17.2. The Hall–Kier alpha value is -2.01. The molecule has 126 valence electrons. The quantitative estimate of drug-likeness (QED) is 0.820. The normalized spacial score (nSPS) is 16.1. The van der Waals surface area contributed by atoms with Crippen LogP contribution in [-0.4, -0.2) is 18.2 Å². The number of rotatable bonds is 5. The highest BCUT2D eigenvalue weighted by atomic mass is 32.1. The molecule has 1 saturated carbocycles. The standard InChI is InChI=1S/C19H20FNO2S/c1-13(22)16-8-9-17(24-16)18(23)21-12-19(10-2-3-11-19)14-4-6-15(20)7-5-14/h4-9H,2-3,10-12H2,1H3,(H,21,23). The van der Waals surface area contributed by atoms with Gasteiger partial charge in [-0.25, -0.2) is 4.39 Å². The predicted octanol–water partition coefficient (Wildman–Crippen LogP) is 4.33. The molecule has 0 atom stereocenters. The van der Waals surface area contributed by atoms with Gasteiger partial charge in [-0.15, -0.1) is 11.3 Å². The van der Waals surface area contributed by atoms with Crippen molar-refractivity contribution in [2.45, 2.75) is 38.0 Å². The number of thiophene rings is 1. The van der Waals surface area contributed by atoms with Crippen molar-refractivity contribution < 1.29 is 14.0 Å². The van der Waals surface area contributed by atoms with E-state index in [9.17, 15) is 14.0 Å². The first-order valence-electron chi connectivity index (χ1n) is 8.15. The molecule has 1 aromatic heterocycles. The topological polar surface area (TPSA) is 46.2 Å². The molecule has 1 aliphatic carbocycles. The van der Waals surface area contributed by atoms with Gasteiger partial charge in [-0.3, -0.25) is 9.59 Å². The van der Waals surface area contributed by atoms with Crippen LogP contribution in [0.2, 0.25) is 0 Å². The van der Waals surface area contributed by atoms with Gasteiger partial charge in [0, 0.05) is 12.0 Å². The third kappa shape index (κ3) is 3.41. The minimum Gasteiger partial charge on any atom is -0.350 e. The molecule has 0 radical (unpaired) electrons. The summed E-state index contributed by atoms with van der Waals surface area (Å²) in [6.45, 7) is 2.03. The summed E-state index contributed by atoms with van der Waals surface area (Å²) in [7, 11) is 0. The zero-order valence-electron chi connectivity index (χ0n) is 13.6. The summed E-state index contributed by atoms with van der Waals surface area (Å²) in [6, 6.07) is 9.99. The van der Waals surface area contributed by atoms with E-state index in [4.69, 9.17) is 0 Å². The van der Waals surface area contributed by atoms with Crippen LogP contribution in [0.1, 0.15) is 57.5 Å². The molecule has 1 fully saturated rings. The van der Waals surface area contributed by atoms with Crippen LogP contribution < -0.4 is 5.32 Å². The Bertz CT molecular complexity index is 745. The Labute approximate surface area is 144 Å². The number of carbonyl (C=O) groups excluding carboxylic acids is 2. The van der Waals surface area contributed by atoms with Gasteiger partial charge in [0.15, 0.2) is 5.78 Å². The minimum absolute atomic E-state index is 0.0300. The van der Waals surface area contributed by atoms with Crippen LogP contribution in [0.3, 0.4) is 0 Å². The summed E-state index contributed by atoms with van der Waals surface area (Å²) in [5.74, 6) is -0.426. The van der Waals surface area contributed by atoms with Crippen LogP contribution in [-0.2, 0) is 5.41 Å². The molecule has 1 N–H and O–H groups in total. The van der Waals surface area contributed by atoms with Gasteiger partial charge in [0.05, 0.1) is 9.75 Å². The van der Waals surface area contributed by atoms with Gasteiger partial charge in [0.2, 0.25) is 0 Å². The van der Waals surface area contributed by atoms with E-state index in [0.29, 0.717) is 16.3 Å². The lowest BCUT2D eigenvalue weighted by molar-refractivity contribution is 0.0946. The number of hydrogen-bond donors (Lipinski definition) is 1. The molecule has 1 heterocycles. The van der Waals surface area contributed by atoms with E-state index >= 15 is 0 Å². The molecular formula is C19H20FNO2S. The molecule has 3 nitrogen and oxygen atoms in total. The first-order chi connectivity index (χ1) is 11.5. The van der Waals surface area contributed by atoms with Crippen molar-refractivity contribution in [3.63, 3.8) is 0 Å². The van der Waals surface area contributed by atoms with E-state index in [2.05, 4.69) is 5.32 Å². The number of ketones is 1. The van der Waals surface area contributed by atoms with Crippen molar-refractivity contribution in [2.24, 2.45) is 0 Å². The van der Waals surface area contributed by atoms with Gasteiger partial charge in [-0.1, -0.05) is 25.0 Å². The highest BCUT2D eigenvalue weighted by molar-refractivity contribution is 7.15. The van der Waals surface area contributed by atoms with E-state index in [0.717, 1.165) is 31.2 Å². The molecule has 5 heteroatoms. The summed E-state index contributed by atoms with van der Waals surface area (Å²) in [6.07, 6.45) is 4.20. The number of amides is 1. The number of halogens is 1. The molecule has 1 amide bonds. The lowest BCUT2D eigenvalue weighted by atomic mass is 9.79. The predicted molar refractivity (Wildman–Crippen MR) is 93.2 cm³/mol. The zero-order valence-corrected chi connectivity index (χ0v) is 14.4. The molecule has 3 rings (SSSR count). The van der Waals surface area contributed by atoms with Gasteiger partial charge in [-0.2, -0.15) is 0 Å².